The summed E-state index contributed by atoms with van der Waals surface area (Å²) in [4.78, 5) is 13.2. The van der Waals surface area contributed by atoms with Gasteiger partial charge in [0.25, 0.3) is 0 Å². The Morgan fingerprint density at radius 3 is 2.52 bits per heavy atom. The molecule has 144 valence electrons. The monoisotopic (exact) mass is 369 g/mol. The second-order valence-corrected chi connectivity index (χ2v) is 6.66. The van der Waals surface area contributed by atoms with Crippen LogP contribution in [0, 0.1) is 0 Å². The molecule has 0 aliphatic carbocycles. The highest BCUT2D eigenvalue weighted by Gasteiger charge is 2.41. The average Bonchev–Trinajstić information content (AvgIpc) is 2.73. The van der Waals surface area contributed by atoms with Crippen LogP contribution in [0.3, 0.4) is 0 Å². The molecule has 0 saturated carbocycles. The number of methoxy groups -OCH3 is 1. The van der Waals surface area contributed by atoms with Gasteiger partial charge in [0.1, 0.15) is 0 Å². The van der Waals surface area contributed by atoms with Crippen molar-refractivity contribution < 1.29 is 19.0 Å². The molecule has 0 spiro atoms. The van der Waals surface area contributed by atoms with Crippen LogP contribution in [-0.2, 0) is 21.5 Å². The number of carbonyl (C=O) groups is 1. The Balaban J connectivity index is 1.76. The van der Waals surface area contributed by atoms with Gasteiger partial charge in [0.15, 0.2) is 11.5 Å². The van der Waals surface area contributed by atoms with E-state index in [9.17, 15) is 4.79 Å². The maximum atomic E-state index is 13.2. The largest absolute Gasteiger partial charge is 0.493 e. The maximum absolute atomic E-state index is 13.2. The van der Waals surface area contributed by atoms with Gasteiger partial charge in [-0.25, -0.2) is 0 Å². The number of nitrogens with one attached hydrogen (secondary N) is 1. The molecule has 2 aromatic carbocycles. The van der Waals surface area contributed by atoms with Gasteiger partial charge in [-0.1, -0.05) is 36.4 Å². The van der Waals surface area contributed by atoms with Gasteiger partial charge >= 0.3 is 0 Å². The normalized spacial score (nSPS) is 15.8. The topological polar surface area (TPSA) is 56.8 Å². The lowest BCUT2D eigenvalue weighted by Gasteiger charge is -2.36. The second kappa shape index (κ2) is 8.91. The Bertz CT molecular complexity index is 754. The predicted octanol–water partition coefficient (Wildman–Crippen LogP) is 3.46. The molecule has 1 amide bonds. The van der Waals surface area contributed by atoms with Gasteiger partial charge in [0.2, 0.25) is 5.91 Å². The van der Waals surface area contributed by atoms with Gasteiger partial charge in [0, 0.05) is 19.8 Å². The van der Waals surface area contributed by atoms with E-state index in [-0.39, 0.29) is 5.91 Å². The van der Waals surface area contributed by atoms with Crippen LogP contribution in [0.2, 0.25) is 0 Å². The van der Waals surface area contributed by atoms with E-state index in [1.807, 2.05) is 55.5 Å². The van der Waals surface area contributed by atoms with E-state index < -0.39 is 5.41 Å². The van der Waals surface area contributed by atoms with E-state index in [1.54, 1.807) is 7.11 Å². The minimum Gasteiger partial charge on any atom is -0.493 e. The van der Waals surface area contributed by atoms with Gasteiger partial charge in [-0.3, -0.25) is 4.79 Å². The molecule has 5 nitrogen and oxygen atoms in total. The third kappa shape index (κ3) is 4.25. The highest BCUT2D eigenvalue weighted by Crippen LogP contribution is 2.35. The molecule has 1 heterocycles. The fraction of sp³-hybridized carbons (Fsp3) is 0.409. The summed E-state index contributed by atoms with van der Waals surface area (Å²) in [5.74, 6) is 1.43. The number of ether oxygens (including phenoxy) is 3. The van der Waals surface area contributed by atoms with Gasteiger partial charge in [-0.2, -0.15) is 0 Å². The summed E-state index contributed by atoms with van der Waals surface area (Å²) in [7, 11) is 1.62. The molecule has 0 aromatic heterocycles. The molecular formula is C22H27NO4. The number of hydrogen-bond donors (Lipinski definition) is 1. The van der Waals surface area contributed by atoms with Gasteiger partial charge in [-0.15, -0.1) is 0 Å². The third-order valence-electron chi connectivity index (χ3n) is 5.09. The molecule has 5 heteroatoms. The van der Waals surface area contributed by atoms with Crippen LogP contribution in [0.1, 0.15) is 30.9 Å². The summed E-state index contributed by atoms with van der Waals surface area (Å²) < 4.78 is 16.5. The van der Waals surface area contributed by atoms with Crippen LogP contribution in [0.4, 0.5) is 0 Å². The lowest BCUT2D eigenvalue weighted by molar-refractivity contribution is -0.130. The summed E-state index contributed by atoms with van der Waals surface area (Å²) in [5, 5.41) is 3.12. The summed E-state index contributed by atoms with van der Waals surface area (Å²) in [5.41, 5.74) is 1.49. The predicted molar refractivity (Wildman–Crippen MR) is 104 cm³/mol. The van der Waals surface area contributed by atoms with Crippen molar-refractivity contribution in [1.82, 2.24) is 5.32 Å². The van der Waals surface area contributed by atoms with E-state index in [0.29, 0.717) is 50.7 Å². The van der Waals surface area contributed by atoms with Gasteiger partial charge in [0.05, 0.1) is 19.1 Å². The molecule has 3 rings (SSSR count). The smallest absolute Gasteiger partial charge is 0.231 e. The van der Waals surface area contributed by atoms with Crippen LogP contribution in [0.25, 0.3) is 0 Å². The minimum absolute atomic E-state index is 0.0470. The van der Waals surface area contributed by atoms with Crippen molar-refractivity contribution in [3.63, 3.8) is 0 Å². The highest BCUT2D eigenvalue weighted by atomic mass is 16.5. The zero-order valence-corrected chi connectivity index (χ0v) is 16.0. The van der Waals surface area contributed by atoms with Crippen molar-refractivity contribution >= 4 is 5.91 Å². The number of carbonyl (C=O) groups excluding carboxylic acids is 1. The standard InChI is InChI=1S/C22H27NO4/c1-3-27-20-15-17(9-10-19(20)25-2)16-23-21(24)22(11-13-26-14-12-22)18-7-5-4-6-8-18/h4-10,15H,3,11-14,16H2,1-2H3,(H,23,24). The fourth-order valence-electron chi connectivity index (χ4n) is 3.57. The summed E-state index contributed by atoms with van der Waals surface area (Å²) >= 11 is 0. The van der Waals surface area contributed by atoms with Crippen molar-refractivity contribution in [3.8, 4) is 11.5 Å². The SMILES string of the molecule is CCOc1cc(CNC(=O)C2(c3ccccc3)CCOCC2)ccc1OC. The molecule has 1 fully saturated rings. The molecule has 0 unspecified atom stereocenters. The van der Waals surface area contributed by atoms with Gasteiger partial charge in [-0.05, 0) is 43.0 Å². The molecule has 0 radical (unpaired) electrons. The van der Waals surface area contributed by atoms with Crippen molar-refractivity contribution in [2.45, 2.75) is 31.7 Å². The zero-order valence-electron chi connectivity index (χ0n) is 16.0. The summed E-state index contributed by atoms with van der Waals surface area (Å²) in [6.07, 6.45) is 1.38. The Hall–Kier alpha value is -2.53. The Kier molecular flexibility index (Phi) is 6.35. The molecule has 0 atom stereocenters. The molecular weight excluding hydrogens is 342 g/mol. The Morgan fingerprint density at radius 1 is 1.11 bits per heavy atom. The van der Waals surface area contributed by atoms with Crippen LogP contribution in [-0.4, -0.2) is 32.8 Å². The van der Waals surface area contributed by atoms with E-state index in [0.717, 1.165) is 11.1 Å². The molecule has 1 saturated heterocycles. The quantitative estimate of drug-likeness (QED) is 0.812. The Labute approximate surface area is 160 Å². The van der Waals surface area contributed by atoms with E-state index in [2.05, 4.69) is 5.32 Å². The van der Waals surface area contributed by atoms with Crippen molar-refractivity contribution in [3.05, 3.63) is 59.7 Å². The number of benzene rings is 2. The molecule has 0 bridgehead atoms. The maximum Gasteiger partial charge on any atom is 0.231 e. The van der Waals surface area contributed by atoms with Crippen LogP contribution in [0.15, 0.2) is 48.5 Å². The zero-order chi connectivity index (χ0) is 19.1. The van der Waals surface area contributed by atoms with Crippen molar-refractivity contribution in [2.75, 3.05) is 26.9 Å². The molecule has 1 aliphatic rings. The molecule has 2 aromatic rings. The second-order valence-electron chi connectivity index (χ2n) is 6.66. The number of hydrogen-bond acceptors (Lipinski definition) is 4. The fourth-order valence-corrected chi connectivity index (χ4v) is 3.57. The molecule has 1 N–H and O–H groups in total. The Morgan fingerprint density at radius 2 is 1.85 bits per heavy atom. The van der Waals surface area contributed by atoms with Crippen LogP contribution >= 0.6 is 0 Å². The van der Waals surface area contributed by atoms with E-state index in [1.165, 1.54) is 0 Å². The molecule has 1 aliphatic heterocycles. The van der Waals surface area contributed by atoms with Gasteiger partial charge < -0.3 is 19.5 Å². The first-order valence-electron chi connectivity index (χ1n) is 9.41. The third-order valence-corrected chi connectivity index (χ3v) is 5.09. The lowest BCUT2D eigenvalue weighted by Crippen LogP contribution is -2.47. The number of rotatable bonds is 7. The lowest BCUT2D eigenvalue weighted by atomic mass is 9.73. The minimum atomic E-state index is -0.533. The van der Waals surface area contributed by atoms with Crippen LogP contribution < -0.4 is 14.8 Å². The first-order valence-corrected chi connectivity index (χ1v) is 9.41. The summed E-state index contributed by atoms with van der Waals surface area (Å²) in [6.45, 7) is 4.13. The van der Waals surface area contributed by atoms with Crippen molar-refractivity contribution in [2.24, 2.45) is 0 Å². The van der Waals surface area contributed by atoms with E-state index >= 15 is 0 Å². The summed E-state index contributed by atoms with van der Waals surface area (Å²) in [6, 6.07) is 15.7. The number of amides is 1. The van der Waals surface area contributed by atoms with E-state index in [4.69, 9.17) is 14.2 Å². The first kappa shape index (κ1) is 19.2. The average molecular weight is 369 g/mol. The highest BCUT2D eigenvalue weighted by molar-refractivity contribution is 5.88. The first-order chi connectivity index (χ1) is 13.2. The molecule has 27 heavy (non-hydrogen) atoms. The van der Waals surface area contributed by atoms with Crippen LogP contribution in [0.5, 0.6) is 11.5 Å². The van der Waals surface area contributed by atoms with Crippen molar-refractivity contribution in [1.29, 1.82) is 0 Å².